The van der Waals surface area contributed by atoms with Crippen LogP contribution in [0.5, 0.6) is 5.75 Å². The number of piperidine rings is 1. The summed E-state index contributed by atoms with van der Waals surface area (Å²) in [5, 5.41) is 3.38. The lowest BCUT2D eigenvalue weighted by molar-refractivity contribution is 0.368. The molecule has 0 aromatic heterocycles. The molecule has 0 saturated carbocycles. The second kappa shape index (κ2) is 5.28. The maximum absolute atomic E-state index is 11.9. The van der Waals surface area contributed by atoms with Crippen LogP contribution in [0.3, 0.4) is 0 Å². The third-order valence-corrected chi connectivity index (χ3v) is 4.46. The monoisotopic (exact) mass is 269 g/mol. The van der Waals surface area contributed by atoms with E-state index in [1.54, 1.807) is 19.2 Å². The molecule has 1 unspecified atom stereocenters. The molecule has 1 aromatic rings. The van der Waals surface area contributed by atoms with Gasteiger partial charge in [-0.15, -0.1) is 0 Å². The number of ether oxygens (including phenoxy) is 1. The second-order valence-electron chi connectivity index (χ2n) is 4.65. The van der Waals surface area contributed by atoms with Crippen LogP contribution >= 0.6 is 0 Å². The Morgan fingerprint density at radius 1 is 1.33 bits per heavy atom. The number of nitrogens with one attached hydrogen (secondary N) is 1. The van der Waals surface area contributed by atoms with E-state index in [1.807, 2.05) is 6.07 Å². The van der Waals surface area contributed by atoms with E-state index in [0.29, 0.717) is 10.6 Å². The van der Waals surface area contributed by atoms with Gasteiger partial charge < -0.3 is 10.1 Å². The first-order valence-electron chi connectivity index (χ1n) is 6.14. The van der Waals surface area contributed by atoms with E-state index < -0.39 is 9.84 Å². The van der Waals surface area contributed by atoms with Gasteiger partial charge in [-0.25, -0.2) is 8.42 Å². The molecular weight excluding hydrogens is 250 g/mol. The van der Waals surface area contributed by atoms with Gasteiger partial charge in [0, 0.05) is 17.9 Å². The van der Waals surface area contributed by atoms with Crippen molar-refractivity contribution in [3.05, 3.63) is 23.8 Å². The maximum Gasteiger partial charge on any atom is 0.175 e. The Kier molecular flexibility index (Phi) is 3.92. The number of sulfone groups is 1. The van der Waals surface area contributed by atoms with Gasteiger partial charge in [0.15, 0.2) is 9.84 Å². The van der Waals surface area contributed by atoms with Crippen LogP contribution in [0.1, 0.15) is 30.9 Å². The summed E-state index contributed by atoms with van der Waals surface area (Å²) in [6.45, 7) is 0.923. The average molecular weight is 269 g/mol. The van der Waals surface area contributed by atoms with Crippen LogP contribution < -0.4 is 10.1 Å². The molecule has 1 aromatic carbocycles. The summed E-state index contributed by atoms with van der Waals surface area (Å²) < 4.78 is 29.1. The fourth-order valence-corrected chi connectivity index (χ4v) is 3.43. The molecular formula is C13H19NO3S. The Hall–Kier alpha value is -1.07. The molecule has 0 amide bonds. The van der Waals surface area contributed by atoms with Crippen LogP contribution in [0, 0.1) is 0 Å². The minimum atomic E-state index is -3.24. The first-order valence-corrected chi connectivity index (χ1v) is 8.03. The van der Waals surface area contributed by atoms with Gasteiger partial charge in [-0.1, -0.05) is 12.5 Å². The van der Waals surface area contributed by atoms with E-state index in [9.17, 15) is 8.42 Å². The fourth-order valence-electron chi connectivity index (χ4n) is 2.47. The van der Waals surface area contributed by atoms with Crippen molar-refractivity contribution in [2.24, 2.45) is 0 Å². The van der Waals surface area contributed by atoms with Crippen LogP contribution in [0.4, 0.5) is 0 Å². The Bertz CT molecular complexity index is 519. The quantitative estimate of drug-likeness (QED) is 0.910. The fraction of sp³-hybridized carbons (Fsp3) is 0.538. The molecule has 1 aliphatic rings. The van der Waals surface area contributed by atoms with Crippen molar-refractivity contribution in [1.82, 2.24) is 5.32 Å². The minimum Gasteiger partial charge on any atom is -0.496 e. The lowest BCUT2D eigenvalue weighted by Gasteiger charge is -2.27. The van der Waals surface area contributed by atoms with Crippen LogP contribution in [0.25, 0.3) is 0 Å². The van der Waals surface area contributed by atoms with Gasteiger partial charge in [-0.2, -0.15) is 0 Å². The smallest absolute Gasteiger partial charge is 0.175 e. The van der Waals surface area contributed by atoms with Crippen LogP contribution in [0.15, 0.2) is 23.1 Å². The number of hydrogen-bond acceptors (Lipinski definition) is 4. The summed E-state index contributed by atoms with van der Waals surface area (Å²) in [5.74, 6) is 0.650. The summed E-state index contributed by atoms with van der Waals surface area (Å²) in [6.07, 6.45) is 4.44. The van der Waals surface area contributed by atoms with Crippen LogP contribution in [0.2, 0.25) is 0 Å². The first kappa shape index (κ1) is 13.4. The molecule has 18 heavy (non-hydrogen) atoms. The molecule has 0 spiro atoms. The molecule has 0 bridgehead atoms. The van der Waals surface area contributed by atoms with Gasteiger partial charge in [-0.3, -0.25) is 0 Å². The average Bonchev–Trinajstić information content (AvgIpc) is 2.38. The second-order valence-corrected chi connectivity index (χ2v) is 6.63. The molecule has 1 saturated heterocycles. The van der Waals surface area contributed by atoms with Gasteiger partial charge in [0.25, 0.3) is 0 Å². The van der Waals surface area contributed by atoms with Crippen molar-refractivity contribution in [2.45, 2.75) is 30.2 Å². The highest BCUT2D eigenvalue weighted by atomic mass is 32.2. The summed E-state index contributed by atoms with van der Waals surface area (Å²) in [7, 11) is -1.66. The first-order chi connectivity index (χ1) is 8.54. The maximum atomic E-state index is 11.9. The summed E-state index contributed by atoms with van der Waals surface area (Å²) in [5.41, 5.74) is 0.780. The molecule has 100 valence electrons. The van der Waals surface area contributed by atoms with Crippen molar-refractivity contribution in [3.8, 4) is 5.75 Å². The Balaban J connectivity index is 2.53. The van der Waals surface area contributed by atoms with E-state index in [0.717, 1.165) is 31.4 Å². The topological polar surface area (TPSA) is 55.4 Å². The largest absolute Gasteiger partial charge is 0.496 e. The predicted octanol–water partition coefficient (Wildman–Crippen LogP) is 1.91. The SMILES string of the molecule is COc1cccc(S(C)(=O)=O)c1C1CCCCN1. The number of rotatable bonds is 3. The third kappa shape index (κ3) is 2.67. The highest BCUT2D eigenvalue weighted by Crippen LogP contribution is 2.35. The lowest BCUT2D eigenvalue weighted by Crippen LogP contribution is -2.28. The molecule has 1 heterocycles. The van der Waals surface area contributed by atoms with Gasteiger partial charge in [-0.05, 0) is 31.5 Å². The predicted molar refractivity (Wildman–Crippen MR) is 70.7 cm³/mol. The van der Waals surface area contributed by atoms with Gasteiger partial charge >= 0.3 is 0 Å². The van der Waals surface area contributed by atoms with Crippen molar-refractivity contribution >= 4 is 9.84 Å². The van der Waals surface area contributed by atoms with Gasteiger partial charge in [0.2, 0.25) is 0 Å². The molecule has 0 radical (unpaired) electrons. The standard InChI is InChI=1S/C13H19NO3S/c1-17-11-7-5-8-12(18(2,15)16)13(11)10-6-3-4-9-14-10/h5,7-8,10,14H,3-4,6,9H2,1-2H3. The van der Waals surface area contributed by atoms with E-state index in [4.69, 9.17) is 4.74 Å². The normalized spacial score (nSPS) is 20.7. The zero-order valence-corrected chi connectivity index (χ0v) is 11.6. The summed E-state index contributed by atoms with van der Waals surface area (Å²) >= 11 is 0. The summed E-state index contributed by atoms with van der Waals surface area (Å²) in [6, 6.07) is 5.27. The highest BCUT2D eigenvalue weighted by Gasteiger charge is 2.25. The molecule has 1 fully saturated rings. The number of hydrogen-bond donors (Lipinski definition) is 1. The van der Waals surface area contributed by atoms with E-state index >= 15 is 0 Å². The Morgan fingerprint density at radius 3 is 2.67 bits per heavy atom. The zero-order valence-electron chi connectivity index (χ0n) is 10.8. The molecule has 2 rings (SSSR count). The Labute approximate surface area is 108 Å². The molecule has 1 aliphatic heterocycles. The van der Waals surface area contributed by atoms with Crippen molar-refractivity contribution in [1.29, 1.82) is 0 Å². The molecule has 1 atom stereocenters. The van der Waals surface area contributed by atoms with Crippen molar-refractivity contribution in [2.75, 3.05) is 19.9 Å². The Morgan fingerprint density at radius 2 is 2.11 bits per heavy atom. The van der Waals surface area contributed by atoms with Gasteiger partial charge in [0.1, 0.15) is 5.75 Å². The molecule has 5 heteroatoms. The number of benzene rings is 1. The van der Waals surface area contributed by atoms with E-state index in [-0.39, 0.29) is 6.04 Å². The van der Waals surface area contributed by atoms with Crippen LogP contribution in [-0.2, 0) is 9.84 Å². The van der Waals surface area contributed by atoms with Gasteiger partial charge in [0.05, 0.1) is 12.0 Å². The molecule has 4 nitrogen and oxygen atoms in total. The van der Waals surface area contributed by atoms with Crippen molar-refractivity contribution < 1.29 is 13.2 Å². The minimum absolute atomic E-state index is 0.0691. The molecule has 1 N–H and O–H groups in total. The summed E-state index contributed by atoms with van der Waals surface area (Å²) in [4.78, 5) is 0.376. The van der Waals surface area contributed by atoms with E-state index in [2.05, 4.69) is 5.32 Å². The van der Waals surface area contributed by atoms with Crippen LogP contribution in [-0.4, -0.2) is 28.3 Å². The zero-order chi connectivity index (χ0) is 13.2. The number of methoxy groups -OCH3 is 1. The van der Waals surface area contributed by atoms with Crippen molar-refractivity contribution in [3.63, 3.8) is 0 Å². The highest BCUT2D eigenvalue weighted by molar-refractivity contribution is 7.90. The third-order valence-electron chi connectivity index (χ3n) is 3.30. The lowest BCUT2D eigenvalue weighted by atomic mass is 9.97. The van der Waals surface area contributed by atoms with E-state index in [1.165, 1.54) is 6.26 Å². The molecule has 0 aliphatic carbocycles.